The Balaban J connectivity index is 2.54. The van der Waals surface area contributed by atoms with Crippen LogP contribution in [0.2, 0.25) is 0 Å². The van der Waals surface area contributed by atoms with Crippen molar-refractivity contribution >= 4 is 5.91 Å². The van der Waals surface area contributed by atoms with E-state index in [1.165, 1.54) is 18.7 Å². The minimum absolute atomic E-state index is 0.244. The molecule has 1 rings (SSSR count). The molecule has 0 spiro atoms. The number of aromatic nitrogens is 2. The molecule has 1 heterocycles. The lowest BCUT2D eigenvalue weighted by atomic mass is 9.97. The monoisotopic (exact) mass is 223 g/mol. The van der Waals surface area contributed by atoms with E-state index in [2.05, 4.69) is 15.3 Å². The SMILES string of the molecule is CCC(O)(CC)CNC(=O)c1cncnc1. The second-order valence-electron chi connectivity index (χ2n) is 3.74. The molecule has 0 atom stereocenters. The van der Waals surface area contributed by atoms with Gasteiger partial charge in [-0.05, 0) is 12.8 Å². The first-order valence-electron chi connectivity index (χ1n) is 5.37. The molecule has 0 fully saturated rings. The van der Waals surface area contributed by atoms with Crippen LogP contribution in [-0.2, 0) is 0 Å². The third-order valence-corrected chi connectivity index (χ3v) is 2.72. The molecule has 0 aliphatic rings. The lowest BCUT2D eigenvalue weighted by molar-refractivity contribution is 0.0314. The van der Waals surface area contributed by atoms with Crippen molar-refractivity contribution in [2.24, 2.45) is 0 Å². The molecule has 16 heavy (non-hydrogen) atoms. The van der Waals surface area contributed by atoms with E-state index in [4.69, 9.17) is 0 Å². The molecule has 5 nitrogen and oxygen atoms in total. The summed E-state index contributed by atoms with van der Waals surface area (Å²) in [6, 6.07) is 0. The number of hydrogen-bond acceptors (Lipinski definition) is 4. The Labute approximate surface area is 94.9 Å². The largest absolute Gasteiger partial charge is 0.388 e. The molecule has 1 aromatic heterocycles. The van der Waals surface area contributed by atoms with Gasteiger partial charge in [-0.25, -0.2) is 9.97 Å². The van der Waals surface area contributed by atoms with Crippen molar-refractivity contribution in [1.29, 1.82) is 0 Å². The highest BCUT2D eigenvalue weighted by atomic mass is 16.3. The number of carbonyl (C=O) groups is 1. The van der Waals surface area contributed by atoms with Crippen LogP contribution in [0.25, 0.3) is 0 Å². The van der Waals surface area contributed by atoms with Crippen molar-refractivity contribution < 1.29 is 9.90 Å². The van der Waals surface area contributed by atoms with Crippen LogP contribution in [-0.4, -0.2) is 33.1 Å². The van der Waals surface area contributed by atoms with Gasteiger partial charge in [0.15, 0.2) is 0 Å². The van der Waals surface area contributed by atoms with Crippen molar-refractivity contribution in [3.63, 3.8) is 0 Å². The summed E-state index contributed by atoms with van der Waals surface area (Å²) >= 11 is 0. The first kappa shape index (κ1) is 12.6. The maximum Gasteiger partial charge on any atom is 0.254 e. The predicted molar refractivity (Wildman–Crippen MR) is 59.9 cm³/mol. The van der Waals surface area contributed by atoms with Crippen molar-refractivity contribution in [2.45, 2.75) is 32.3 Å². The molecule has 0 aromatic carbocycles. The quantitative estimate of drug-likeness (QED) is 0.772. The lowest BCUT2D eigenvalue weighted by Crippen LogP contribution is -2.42. The van der Waals surface area contributed by atoms with Crippen LogP contribution in [0.4, 0.5) is 0 Å². The van der Waals surface area contributed by atoms with E-state index >= 15 is 0 Å². The van der Waals surface area contributed by atoms with Gasteiger partial charge in [-0.2, -0.15) is 0 Å². The summed E-state index contributed by atoms with van der Waals surface area (Å²) in [4.78, 5) is 19.1. The predicted octanol–water partition coefficient (Wildman–Crippen LogP) is 0.757. The highest BCUT2D eigenvalue weighted by Gasteiger charge is 2.22. The van der Waals surface area contributed by atoms with Gasteiger partial charge < -0.3 is 10.4 Å². The molecule has 0 radical (unpaired) electrons. The van der Waals surface area contributed by atoms with Gasteiger partial charge in [0.05, 0.1) is 11.2 Å². The van der Waals surface area contributed by atoms with Crippen molar-refractivity contribution in [3.8, 4) is 0 Å². The summed E-state index contributed by atoms with van der Waals surface area (Å²) in [7, 11) is 0. The average Bonchev–Trinajstić information content (AvgIpc) is 2.36. The van der Waals surface area contributed by atoms with Crippen molar-refractivity contribution in [1.82, 2.24) is 15.3 Å². The number of nitrogens with one attached hydrogen (secondary N) is 1. The zero-order valence-electron chi connectivity index (χ0n) is 9.60. The number of hydrogen-bond donors (Lipinski definition) is 2. The van der Waals surface area contributed by atoms with Crippen LogP contribution in [0.5, 0.6) is 0 Å². The molecule has 0 saturated heterocycles. The maximum absolute atomic E-state index is 11.6. The van der Waals surface area contributed by atoms with E-state index in [9.17, 15) is 9.90 Å². The van der Waals surface area contributed by atoms with Gasteiger partial charge in [-0.3, -0.25) is 4.79 Å². The Morgan fingerprint density at radius 2 is 1.94 bits per heavy atom. The maximum atomic E-state index is 11.6. The fraction of sp³-hybridized carbons (Fsp3) is 0.545. The summed E-state index contributed by atoms with van der Waals surface area (Å²) in [5.74, 6) is -0.263. The highest BCUT2D eigenvalue weighted by molar-refractivity contribution is 5.93. The van der Waals surface area contributed by atoms with E-state index < -0.39 is 5.60 Å². The molecule has 0 saturated carbocycles. The fourth-order valence-electron chi connectivity index (χ4n) is 1.26. The summed E-state index contributed by atoms with van der Waals surface area (Å²) in [6.07, 6.45) is 5.47. The Hall–Kier alpha value is -1.49. The standard InChI is InChI=1S/C11H17N3O2/c1-3-11(16,4-2)7-14-10(15)9-5-12-8-13-6-9/h5-6,8,16H,3-4,7H2,1-2H3,(H,14,15). The normalized spacial score (nSPS) is 11.2. The van der Waals surface area contributed by atoms with Gasteiger partial charge in [0.2, 0.25) is 0 Å². The molecular formula is C11H17N3O2. The van der Waals surface area contributed by atoms with E-state index in [0.717, 1.165) is 0 Å². The van der Waals surface area contributed by atoms with Crippen LogP contribution in [0.3, 0.4) is 0 Å². The fourth-order valence-corrected chi connectivity index (χ4v) is 1.26. The minimum atomic E-state index is -0.828. The van der Waals surface area contributed by atoms with E-state index in [1.807, 2.05) is 13.8 Å². The molecule has 2 N–H and O–H groups in total. The van der Waals surface area contributed by atoms with Gasteiger partial charge in [0.25, 0.3) is 5.91 Å². The molecule has 0 aliphatic carbocycles. The van der Waals surface area contributed by atoms with Crippen molar-refractivity contribution in [3.05, 3.63) is 24.3 Å². The number of aliphatic hydroxyl groups is 1. The third-order valence-electron chi connectivity index (χ3n) is 2.72. The highest BCUT2D eigenvalue weighted by Crippen LogP contribution is 2.12. The van der Waals surface area contributed by atoms with Crippen molar-refractivity contribution in [2.75, 3.05) is 6.54 Å². The zero-order valence-corrected chi connectivity index (χ0v) is 9.60. The summed E-state index contributed by atoms with van der Waals surface area (Å²) in [5.41, 5.74) is -0.428. The van der Waals surface area contributed by atoms with Crippen LogP contribution in [0.15, 0.2) is 18.7 Å². The zero-order chi connectivity index (χ0) is 12.0. The third kappa shape index (κ3) is 3.27. The molecule has 1 aromatic rings. The van der Waals surface area contributed by atoms with Gasteiger partial charge in [0.1, 0.15) is 6.33 Å². The van der Waals surface area contributed by atoms with Gasteiger partial charge >= 0.3 is 0 Å². The molecule has 0 bridgehead atoms. The summed E-state index contributed by atoms with van der Waals surface area (Å²) < 4.78 is 0. The molecule has 0 aliphatic heterocycles. The van der Waals surface area contributed by atoms with Crippen LogP contribution in [0, 0.1) is 0 Å². The minimum Gasteiger partial charge on any atom is -0.388 e. The van der Waals surface area contributed by atoms with Gasteiger partial charge in [-0.1, -0.05) is 13.8 Å². The van der Waals surface area contributed by atoms with Gasteiger partial charge in [-0.15, -0.1) is 0 Å². The van der Waals surface area contributed by atoms with E-state index in [0.29, 0.717) is 18.4 Å². The first-order valence-corrected chi connectivity index (χ1v) is 5.37. The molecule has 5 heteroatoms. The number of nitrogens with zero attached hydrogens (tertiary/aromatic N) is 2. The Bertz CT molecular complexity index is 336. The second-order valence-corrected chi connectivity index (χ2v) is 3.74. The second kappa shape index (κ2) is 5.55. The number of carbonyl (C=O) groups excluding carboxylic acids is 1. The molecule has 0 unspecified atom stereocenters. The number of amides is 1. The lowest BCUT2D eigenvalue weighted by Gasteiger charge is -2.25. The summed E-state index contributed by atoms with van der Waals surface area (Å²) in [6.45, 7) is 4.02. The van der Waals surface area contributed by atoms with E-state index in [1.54, 1.807) is 0 Å². The topological polar surface area (TPSA) is 75.1 Å². The van der Waals surface area contributed by atoms with Crippen LogP contribution >= 0.6 is 0 Å². The van der Waals surface area contributed by atoms with E-state index in [-0.39, 0.29) is 12.5 Å². The van der Waals surface area contributed by atoms with Gasteiger partial charge in [0, 0.05) is 18.9 Å². The first-order chi connectivity index (χ1) is 7.61. The Morgan fingerprint density at radius 3 is 2.44 bits per heavy atom. The Morgan fingerprint density at radius 1 is 1.38 bits per heavy atom. The van der Waals surface area contributed by atoms with Crippen LogP contribution in [0.1, 0.15) is 37.0 Å². The Kier molecular flexibility index (Phi) is 4.37. The molecule has 1 amide bonds. The molecular weight excluding hydrogens is 206 g/mol. The molecule has 88 valence electrons. The van der Waals surface area contributed by atoms with Crippen LogP contribution < -0.4 is 5.32 Å². The number of rotatable bonds is 5. The summed E-state index contributed by atoms with van der Waals surface area (Å²) in [5, 5.41) is 12.7. The average molecular weight is 223 g/mol. The smallest absolute Gasteiger partial charge is 0.254 e.